The summed E-state index contributed by atoms with van der Waals surface area (Å²) in [6.07, 6.45) is 4.22. The van der Waals surface area contributed by atoms with Crippen molar-refractivity contribution in [2.75, 3.05) is 0 Å². The molecule has 0 bridgehead atoms. The van der Waals surface area contributed by atoms with Gasteiger partial charge in [0.25, 0.3) is 0 Å². The predicted molar refractivity (Wildman–Crippen MR) is 63.7 cm³/mol. The Kier molecular flexibility index (Phi) is 3.03. The molecule has 0 unspecified atom stereocenters. The molecule has 0 aromatic heterocycles. The first-order valence-electron chi connectivity index (χ1n) is 4.64. The number of ketones is 1. The molecule has 0 fully saturated rings. The van der Waals surface area contributed by atoms with E-state index in [0.717, 1.165) is 0 Å². The molecule has 2 rings (SSSR count). The van der Waals surface area contributed by atoms with Gasteiger partial charge in [-0.1, -0.05) is 41.4 Å². The number of carbonyl (C=O) groups excluding carboxylic acids is 1. The first kappa shape index (κ1) is 11.2. The van der Waals surface area contributed by atoms with E-state index >= 15 is 0 Å². The van der Waals surface area contributed by atoms with E-state index in [-0.39, 0.29) is 5.78 Å². The molecule has 16 heavy (non-hydrogen) atoms. The Hall–Kier alpha value is -1.25. The highest BCUT2D eigenvalue weighted by molar-refractivity contribution is 6.61. The summed E-state index contributed by atoms with van der Waals surface area (Å²) < 4.78 is 3.96. The van der Waals surface area contributed by atoms with Crippen LogP contribution in [0.1, 0.15) is 0 Å². The number of alkyl halides is 2. The van der Waals surface area contributed by atoms with Gasteiger partial charge in [0.05, 0.1) is 0 Å². The maximum absolute atomic E-state index is 11.3. The molecule has 82 valence electrons. The molecule has 0 N–H and O–H groups in total. The van der Waals surface area contributed by atoms with Gasteiger partial charge in [-0.3, -0.25) is 4.79 Å². The molecule has 1 aliphatic carbocycles. The second-order valence-corrected chi connectivity index (χ2v) is 4.67. The molecular formula is C12H8Cl2O2. The lowest BCUT2D eigenvalue weighted by Gasteiger charge is -2.17. The summed E-state index contributed by atoms with van der Waals surface area (Å²) in [5.74, 6) is 0.754. The molecule has 2 nitrogen and oxygen atoms in total. The monoisotopic (exact) mass is 254 g/mol. The SMILES string of the molecule is O=C1C=CC(Oc2ccccc2)=CC1(Cl)Cl. The number of allylic oxidation sites excluding steroid dienone is 3. The Morgan fingerprint density at radius 3 is 2.38 bits per heavy atom. The first-order valence-corrected chi connectivity index (χ1v) is 5.39. The van der Waals surface area contributed by atoms with Crippen molar-refractivity contribution < 1.29 is 9.53 Å². The van der Waals surface area contributed by atoms with Crippen molar-refractivity contribution in [2.45, 2.75) is 4.33 Å². The Morgan fingerprint density at radius 2 is 1.75 bits per heavy atom. The zero-order valence-corrected chi connectivity index (χ0v) is 9.70. The first-order chi connectivity index (χ1) is 7.58. The average molecular weight is 255 g/mol. The quantitative estimate of drug-likeness (QED) is 0.758. The third kappa shape index (κ3) is 2.46. The third-order valence-corrected chi connectivity index (χ3v) is 2.62. The van der Waals surface area contributed by atoms with Crippen LogP contribution in [-0.2, 0) is 4.79 Å². The Morgan fingerprint density at radius 1 is 1.06 bits per heavy atom. The minimum absolute atomic E-state index is 0.365. The molecule has 0 amide bonds. The maximum Gasteiger partial charge on any atom is 0.201 e. The predicted octanol–water partition coefficient (Wildman–Crippen LogP) is 3.26. The average Bonchev–Trinajstić information content (AvgIpc) is 2.25. The third-order valence-electron chi connectivity index (χ3n) is 2.03. The summed E-state index contributed by atoms with van der Waals surface area (Å²) in [7, 11) is 0. The fraction of sp³-hybridized carbons (Fsp3) is 0.0833. The van der Waals surface area contributed by atoms with Crippen molar-refractivity contribution in [2.24, 2.45) is 0 Å². The molecule has 0 radical (unpaired) electrons. The zero-order chi connectivity index (χ0) is 11.6. The molecular weight excluding hydrogens is 247 g/mol. The topological polar surface area (TPSA) is 26.3 Å². The minimum Gasteiger partial charge on any atom is -0.458 e. The van der Waals surface area contributed by atoms with Crippen molar-refractivity contribution in [1.29, 1.82) is 0 Å². The van der Waals surface area contributed by atoms with Gasteiger partial charge in [-0.25, -0.2) is 0 Å². The van der Waals surface area contributed by atoms with Crippen LogP contribution in [0.2, 0.25) is 0 Å². The van der Waals surface area contributed by atoms with Crippen molar-refractivity contribution in [3.05, 3.63) is 54.3 Å². The molecule has 1 aromatic carbocycles. The molecule has 0 atom stereocenters. The Bertz CT molecular complexity index is 461. The van der Waals surface area contributed by atoms with E-state index in [9.17, 15) is 4.79 Å². The summed E-state index contributed by atoms with van der Waals surface area (Å²) in [6, 6.07) is 9.18. The number of para-hydroxylation sites is 1. The lowest BCUT2D eigenvalue weighted by Crippen LogP contribution is -2.25. The van der Waals surface area contributed by atoms with Gasteiger partial charge in [0.15, 0.2) is 5.78 Å². The number of benzene rings is 1. The van der Waals surface area contributed by atoms with Crippen LogP contribution in [0.3, 0.4) is 0 Å². The van der Waals surface area contributed by atoms with E-state index in [1.807, 2.05) is 18.2 Å². The highest BCUT2D eigenvalue weighted by Crippen LogP contribution is 2.30. The normalized spacial score (nSPS) is 18.1. The van der Waals surface area contributed by atoms with E-state index < -0.39 is 4.33 Å². The van der Waals surface area contributed by atoms with Gasteiger partial charge in [0, 0.05) is 6.08 Å². The van der Waals surface area contributed by atoms with Crippen molar-refractivity contribution in [1.82, 2.24) is 0 Å². The molecule has 0 saturated heterocycles. The molecule has 0 spiro atoms. The number of ether oxygens (including phenoxy) is 1. The summed E-state index contributed by atoms with van der Waals surface area (Å²) in [5.41, 5.74) is 0. The van der Waals surface area contributed by atoms with E-state index in [1.165, 1.54) is 12.2 Å². The summed E-state index contributed by atoms with van der Waals surface area (Å²) in [4.78, 5) is 11.3. The fourth-order valence-corrected chi connectivity index (χ4v) is 1.60. The van der Waals surface area contributed by atoms with Crippen LogP contribution in [0.5, 0.6) is 5.75 Å². The van der Waals surface area contributed by atoms with Gasteiger partial charge in [-0.05, 0) is 24.3 Å². The molecule has 0 heterocycles. The van der Waals surface area contributed by atoms with Crippen molar-refractivity contribution in [3.63, 3.8) is 0 Å². The molecule has 1 aliphatic rings. The molecule has 0 saturated carbocycles. The van der Waals surface area contributed by atoms with E-state index in [0.29, 0.717) is 11.5 Å². The van der Waals surface area contributed by atoms with Gasteiger partial charge >= 0.3 is 0 Å². The standard InChI is InChI=1S/C12H8Cl2O2/c13-12(14)8-10(6-7-11(12)15)16-9-4-2-1-3-5-9/h1-8H. The maximum atomic E-state index is 11.3. The highest BCUT2D eigenvalue weighted by atomic mass is 35.5. The number of hydrogen-bond donors (Lipinski definition) is 0. The lowest BCUT2D eigenvalue weighted by molar-refractivity contribution is -0.114. The van der Waals surface area contributed by atoms with Gasteiger partial charge < -0.3 is 4.74 Å². The van der Waals surface area contributed by atoms with Crippen molar-refractivity contribution >= 4 is 29.0 Å². The summed E-state index contributed by atoms with van der Waals surface area (Å²) >= 11 is 11.6. The van der Waals surface area contributed by atoms with Gasteiger partial charge in [-0.2, -0.15) is 0 Å². The van der Waals surface area contributed by atoms with Gasteiger partial charge in [-0.15, -0.1) is 0 Å². The van der Waals surface area contributed by atoms with Crippen LogP contribution in [-0.4, -0.2) is 10.1 Å². The van der Waals surface area contributed by atoms with E-state index in [4.69, 9.17) is 27.9 Å². The second kappa shape index (κ2) is 4.32. The Labute approximate surface area is 103 Å². The lowest BCUT2D eigenvalue weighted by atomic mass is 10.1. The van der Waals surface area contributed by atoms with Crippen LogP contribution in [0.4, 0.5) is 0 Å². The smallest absolute Gasteiger partial charge is 0.201 e. The summed E-state index contributed by atoms with van der Waals surface area (Å²) in [6.45, 7) is 0. The van der Waals surface area contributed by atoms with E-state index in [1.54, 1.807) is 18.2 Å². The minimum atomic E-state index is -1.53. The van der Waals surface area contributed by atoms with Crippen LogP contribution in [0.15, 0.2) is 54.3 Å². The fourth-order valence-electron chi connectivity index (χ4n) is 1.25. The van der Waals surface area contributed by atoms with E-state index in [2.05, 4.69) is 0 Å². The van der Waals surface area contributed by atoms with Crippen LogP contribution < -0.4 is 4.74 Å². The van der Waals surface area contributed by atoms with Crippen LogP contribution in [0, 0.1) is 0 Å². The number of hydrogen-bond acceptors (Lipinski definition) is 2. The highest BCUT2D eigenvalue weighted by Gasteiger charge is 2.32. The molecule has 4 heteroatoms. The van der Waals surface area contributed by atoms with Crippen LogP contribution >= 0.6 is 23.2 Å². The number of carbonyl (C=O) groups is 1. The number of halogens is 2. The van der Waals surface area contributed by atoms with Crippen LogP contribution in [0.25, 0.3) is 0 Å². The van der Waals surface area contributed by atoms with Gasteiger partial charge in [0.1, 0.15) is 11.5 Å². The summed E-state index contributed by atoms with van der Waals surface area (Å²) in [5, 5.41) is 0. The molecule has 0 aliphatic heterocycles. The number of rotatable bonds is 2. The Balaban J connectivity index is 2.19. The zero-order valence-electron chi connectivity index (χ0n) is 8.19. The second-order valence-electron chi connectivity index (χ2n) is 3.28. The largest absolute Gasteiger partial charge is 0.458 e. The molecule has 1 aromatic rings. The van der Waals surface area contributed by atoms with Gasteiger partial charge in [0.2, 0.25) is 4.33 Å². The van der Waals surface area contributed by atoms with Crippen molar-refractivity contribution in [3.8, 4) is 5.75 Å².